The maximum absolute atomic E-state index is 8.91. The van der Waals surface area contributed by atoms with Crippen molar-refractivity contribution in [3.8, 4) is 6.07 Å². The predicted molar refractivity (Wildman–Crippen MR) is 73.2 cm³/mol. The molecule has 1 aromatic rings. The van der Waals surface area contributed by atoms with E-state index in [1.54, 1.807) is 0 Å². The minimum absolute atomic E-state index is 0.400. The molecule has 1 heterocycles. The van der Waals surface area contributed by atoms with Crippen molar-refractivity contribution in [3.05, 3.63) is 35.9 Å². The van der Waals surface area contributed by atoms with Crippen LogP contribution >= 0.6 is 0 Å². The van der Waals surface area contributed by atoms with Crippen LogP contribution in [-0.4, -0.2) is 49.1 Å². The molecule has 1 aliphatic heterocycles. The Kier molecular flexibility index (Phi) is 4.74. The molecule has 3 nitrogen and oxygen atoms in total. The van der Waals surface area contributed by atoms with E-state index in [-0.39, 0.29) is 0 Å². The van der Waals surface area contributed by atoms with Crippen molar-refractivity contribution in [1.82, 2.24) is 9.80 Å². The number of hydrogen-bond acceptors (Lipinski definition) is 3. The number of rotatable bonds is 4. The second-order valence-electron chi connectivity index (χ2n) is 5.05. The molecular formula is C15H21N3. The predicted octanol–water partition coefficient (Wildman–Crippen LogP) is 1.76. The summed E-state index contributed by atoms with van der Waals surface area (Å²) in [7, 11) is 2.14. The van der Waals surface area contributed by atoms with Crippen LogP contribution in [0.5, 0.6) is 0 Å². The van der Waals surface area contributed by atoms with Crippen LogP contribution in [0, 0.1) is 11.3 Å². The maximum Gasteiger partial charge on any atom is 0.0638 e. The Balaban J connectivity index is 1.89. The van der Waals surface area contributed by atoms with Gasteiger partial charge in [-0.3, -0.25) is 4.90 Å². The molecule has 1 fully saturated rings. The van der Waals surface area contributed by atoms with Gasteiger partial charge >= 0.3 is 0 Å². The molecule has 0 amide bonds. The minimum Gasteiger partial charge on any atom is -0.304 e. The first-order chi connectivity index (χ1) is 8.79. The molecule has 1 saturated heterocycles. The molecule has 0 spiro atoms. The molecule has 1 unspecified atom stereocenters. The molecule has 0 radical (unpaired) electrons. The van der Waals surface area contributed by atoms with Crippen molar-refractivity contribution < 1.29 is 0 Å². The number of nitrogens with zero attached hydrogens (tertiary/aromatic N) is 3. The van der Waals surface area contributed by atoms with Gasteiger partial charge < -0.3 is 4.90 Å². The molecule has 1 aromatic carbocycles. The largest absolute Gasteiger partial charge is 0.304 e. The lowest BCUT2D eigenvalue weighted by Crippen LogP contribution is -2.52. The fourth-order valence-corrected chi connectivity index (χ4v) is 2.56. The van der Waals surface area contributed by atoms with Crippen LogP contribution in [0.25, 0.3) is 0 Å². The van der Waals surface area contributed by atoms with Crippen molar-refractivity contribution in [2.75, 3.05) is 33.2 Å². The summed E-state index contributed by atoms with van der Waals surface area (Å²) < 4.78 is 0. The fourth-order valence-electron chi connectivity index (χ4n) is 2.56. The summed E-state index contributed by atoms with van der Waals surface area (Å²) in [4.78, 5) is 4.79. The Morgan fingerprint density at radius 1 is 1.28 bits per heavy atom. The summed E-state index contributed by atoms with van der Waals surface area (Å²) in [6.45, 7) is 4.26. The maximum atomic E-state index is 8.91. The molecule has 0 saturated carbocycles. The van der Waals surface area contributed by atoms with Crippen molar-refractivity contribution in [3.63, 3.8) is 0 Å². The Hall–Kier alpha value is -1.37. The first-order valence-electron chi connectivity index (χ1n) is 6.63. The summed E-state index contributed by atoms with van der Waals surface area (Å²) in [6.07, 6.45) is 1.71. The van der Waals surface area contributed by atoms with Gasteiger partial charge in [0.05, 0.1) is 12.5 Å². The second-order valence-corrected chi connectivity index (χ2v) is 5.05. The van der Waals surface area contributed by atoms with Crippen molar-refractivity contribution in [1.29, 1.82) is 5.26 Å². The van der Waals surface area contributed by atoms with Crippen LogP contribution in [0.15, 0.2) is 30.3 Å². The lowest BCUT2D eigenvalue weighted by molar-refractivity contribution is 0.0934. The topological polar surface area (TPSA) is 30.3 Å². The van der Waals surface area contributed by atoms with Gasteiger partial charge in [-0.1, -0.05) is 30.3 Å². The fraction of sp³-hybridized carbons (Fsp3) is 0.533. The van der Waals surface area contributed by atoms with Crippen LogP contribution in [-0.2, 0) is 6.42 Å². The lowest BCUT2D eigenvalue weighted by Gasteiger charge is -2.39. The molecule has 1 atom stereocenters. The summed E-state index contributed by atoms with van der Waals surface area (Å²) >= 11 is 0. The van der Waals surface area contributed by atoms with E-state index in [9.17, 15) is 0 Å². The average Bonchev–Trinajstić information content (AvgIpc) is 2.39. The standard InChI is InChI=1S/C15H21N3/c1-17-11-12-18(15(13-17)7-9-16)10-8-14-5-3-2-4-6-14/h2-6,15H,7-8,10-13H2,1H3. The molecule has 1 aliphatic rings. The first kappa shape index (κ1) is 13.1. The summed E-state index contributed by atoms with van der Waals surface area (Å²) in [5.74, 6) is 0. The molecule has 3 heteroatoms. The Morgan fingerprint density at radius 3 is 2.78 bits per heavy atom. The zero-order valence-corrected chi connectivity index (χ0v) is 11.0. The van der Waals surface area contributed by atoms with E-state index >= 15 is 0 Å². The number of piperazine rings is 1. The molecule has 96 valence electrons. The van der Waals surface area contributed by atoms with Crippen LogP contribution < -0.4 is 0 Å². The van der Waals surface area contributed by atoms with E-state index in [2.05, 4.69) is 53.2 Å². The van der Waals surface area contributed by atoms with E-state index in [0.29, 0.717) is 12.5 Å². The van der Waals surface area contributed by atoms with Crippen LogP contribution in [0.4, 0.5) is 0 Å². The van der Waals surface area contributed by atoms with Crippen LogP contribution in [0.1, 0.15) is 12.0 Å². The van der Waals surface area contributed by atoms with Gasteiger partial charge in [0.1, 0.15) is 0 Å². The number of nitriles is 1. The molecule has 2 rings (SSSR count). The zero-order valence-electron chi connectivity index (χ0n) is 11.0. The van der Waals surface area contributed by atoms with Crippen molar-refractivity contribution in [2.45, 2.75) is 18.9 Å². The van der Waals surface area contributed by atoms with Gasteiger partial charge in [0.2, 0.25) is 0 Å². The summed E-state index contributed by atoms with van der Waals surface area (Å²) in [6, 6.07) is 13.3. The van der Waals surface area contributed by atoms with Gasteiger partial charge in [0.25, 0.3) is 0 Å². The van der Waals surface area contributed by atoms with E-state index in [1.165, 1.54) is 5.56 Å². The van der Waals surface area contributed by atoms with Crippen LogP contribution in [0.3, 0.4) is 0 Å². The monoisotopic (exact) mass is 243 g/mol. The van der Waals surface area contributed by atoms with E-state index < -0.39 is 0 Å². The smallest absolute Gasteiger partial charge is 0.0638 e. The SMILES string of the molecule is CN1CCN(CCc2ccccc2)C(CC#N)C1. The van der Waals surface area contributed by atoms with E-state index in [0.717, 1.165) is 32.6 Å². The lowest BCUT2D eigenvalue weighted by atomic mass is 10.1. The number of likely N-dealkylation sites (N-methyl/N-ethyl adjacent to an activating group) is 1. The molecule has 0 bridgehead atoms. The van der Waals surface area contributed by atoms with Crippen molar-refractivity contribution >= 4 is 0 Å². The van der Waals surface area contributed by atoms with Gasteiger partial charge in [0, 0.05) is 32.2 Å². The Labute approximate surface area is 110 Å². The Bertz CT molecular complexity index is 396. The molecule has 18 heavy (non-hydrogen) atoms. The molecule has 0 N–H and O–H groups in total. The molecule has 0 aliphatic carbocycles. The number of hydrogen-bond donors (Lipinski definition) is 0. The quantitative estimate of drug-likeness (QED) is 0.807. The number of benzene rings is 1. The van der Waals surface area contributed by atoms with Gasteiger partial charge in [0.15, 0.2) is 0 Å². The highest BCUT2D eigenvalue weighted by atomic mass is 15.3. The molecule has 0 aromatic heterocycles. The third-order valence-corrected chi connectivity index (χ3v) is 3.67. The van der Waals surface area contributed by atoms with Gasteiger partial charge in [-0.2, -0.15) is 5.26 Å². The first-order valence-corrected chi connectivity index (χ1v) is 6.63. The summed E-state index contributed by atoms with van der Waals surface area (Å²) in [5.41, 5.74) is 1.38. The zero-order chi connectivity index (χ0) is 12.8. The summed E-state index contributed by atoms with van der Waals surface area (Å²) in [5, 5.41) is 8.91. The van der Waals surface area contributed by atoms with Crippen LogP contribution in [0.2, 0.25) is 0 Å². The average molecular weight is 243 g/mol. The molecular weight excluding hydrogens is 222 g/mol. The Morgan fingerprint density at radius 2 is 2.06 bits per heavy atom. The normalized spacial score (nSPS) is 21.7. The highest BCUT2D eigenvalue weighted by molar-refractivity contribution is 5.15. The second kappa shape index (κ2) is 6.53. The van der Waals surface area contributed by atoms with E-state index in [4.69, 9.17) is 5.26 Å². The third-order valence-electron chi connectivity index (χ3n) is 3.67. The highest BCUT2D eigenvalue weighted by Gasteiger charge is 2.24. The van der Waals surface area contributed by atoms with Crippen molar-refractivity contribution in [2.24, 2.45) is 0 Å². The highest BCUT2D eigenvalue weighted by Crippen LogP contribution is 2.12. The van der Waals surface area contributed by atoms with E-state index in [1.807, 2.05) is 0 Å². The van der Waals surface area contributed by atoms with Gasteiger partial charge in [-0.15, -0.1) is 0 Å². The van der Waals surface area contributed by atoms with Gasteiger partial charge in [-0.25, -0.2) is 0 Å². The van der Waals surface area contributed by atoms with Gasteiger partial charge in [-0.05, 0) is 19.0 Å². The minimum atomic E-state index is 0.400. The third kappa shape index (κ3) is 3.56.